The van der Waals surface area contributed by atoms with E-state index in [1.807, 2.05) is 0 Å². The Morgan fingerprint density at radius 1 is 1.58 bits per heavy atom. The monoisotopic (exact) mass is 172 g/mol. The van der Waals surface area contributed by atoms with Crippen LogP contribution in [0.2, 0.25) is 0 Å². The summed E-state index contributed by atoms with van der Waals surface area (Å²) in [5.74, 6) is -0.0475. The van der Waals surface area contributed by atoms with Crippen LogP contribution < -0.4 is 5.73 Å². The Hall–Kier alpha value is -0.610. The zero-order chi connectivity index (χ0) is 8.97. The van der Waals surface area contributed by atoms with E-state index in [-0.39, 0.29) is 19.1 Å². The summed E-state index contributed by atoms with van der Waals surface area (Å²) in [5, 5.41) is 8.71. The van der Waals surface area contributed by atoms with Crippen molar-refractivity contribution >= 4 is 5.91 Å². The lowest BCUT2D eigenvalue weighted by molar-refractivity contribution is -0.134. The van der Waals surface area contributed by atoms with Gasteiger partial charge in [0.25, 0.3) is 0 Å². The minimum atomic E-state index is -0.0475. The van der Waals surface area contributed by atoms with Crippen molar-refractivity contribution < 1.29 is 9.90 Å². The van der Waals surface area contributed by atoms with E-state index in [9.17, 15) is 4.79 Å². The molecule has 0 spiro atoms. The number of carbonyl (C=O) groups is 1. The summed E-state index contributed by atoms with van der Waals surface area (Å²) in [4.78, 5) is 12.9. The van der Waals surface area contributed by atoms with Gasteiger partial charge in [0.15, 0.2) is 0 Å². The number of aliphatic hydroxyl groups is 1. The van der Waals surface area contributed by atoms with Gasteiger partial charge in [-0.25, -0.2) is 0 Å². The zero-order valence-corrected chi connectivity index (χ0v) is 7.20. The van der Waals surface area contributed by atoms with Crippen LogP contribution in [0.5, 0.6) is 0 Å². The maximum atomic E-state index is 11.2. The summed E-state index contributed by atoms with van der Waals surface area (Å²) in [5.41, 5.74) is 5.25. The van der Waals surface area contributed by atoms with Crippen molar-refractivity contribution in [2.75, 3.05) is 19.7 Å². The van der Waals surface area contributed by atoms with Crippen LogP contribution in [0.15, 0.2) is 0 Å². The summed E-state index contributed by atoms with van der Waals surface area (Å²) in [7, 11) is 0. The van der Waals surface area contributed by atoms with Crippen LogP contribution in [-0.2, 0) is 4.79 Å². The highest BCUT2D eigenvalue weighted by molar-refractivity contribution is 5.78. The summed E-state index contributed by atoms with van der Waals surface area (Å²) in [6.45, 7) is 0.513. The van der Waals surface area contributed by atoms with E-state index in [1.54, 1.807) is 4.90 Å². The van der Waals surface area contributed by atoms with E-state index in [2.05, 4.69) is 0 Å². The molecule has 0 heterocycles. The molecule has 0 unspecified atom stereocenters. The molecule has 4 heteroatoms. The number of aliphatic hydroxyl groups excluding tert-OH is 1. The van der Waals surface area contributed by atoms with E-state index in [0.717, 1.165) is 12.8 Å². The average molecular weight is 172 g/mol. The van der Waals surface area contributed by atoms with Crippen LogP contribution in [0.4, 0.5) is 0 Å². The highest BCUT2D eigenvalue weighted by Gasteiger charge is 2.27. The fraction of sp³-hybridized carbons (Fsp3) is 0.875. The number of rotatable bonds is 4. The first-order valence-electron chi connectivity index (χ1n) is 4.40. The molecule has 1 saturated carbocycles. The average Bonchev–Trinajstić information content (AvgIpc) is 1.99. The summed E-state index contributed by atoms with van der Waals surface area (Å²) in [6, 6.07) is 0.341. The van der Waals surface area contributed by atoms with E-state index in [1.165, 1.54) is 6.42 Å². The molecule has 1 fully saturated rings. The lowest BCUT2D eigenvalue weighted by Crippen LogP contribution is -2.47. The zero-order valence-electron chi connectivity index (χ0n) is 7.20. The highest BCUT2D eigenvalue weighted by atomic mass is 16.3. The number of hydrogen-bond donors (Lipinski definition) is 2. The van der Waals surface area contributed by atoms with Gasteiger partial charge in [0, 0.05) is 12.6 Å². The summed E-state index contributed by atoms with van der Waals surface area (Å²) < 4.78 is 0. The molecule has 1 aliphatic rings. The highest BCUT2D eigenvalue weighted by Crippen LogP contribution is 2.24. The van der Waals surface area contributed by atoms with Crippen LogP contribution in [0.25, 0.3) is 0 Å². The van der Waals surface area contributed by atoms with Gasteiger partial charge >= 0.3 is 0 Å². The largest absolute Gasteiger partial charge is 0.395 e. The van der Waals surface area contributed by atoms with Crippen molar-refractivity contribution in [1.82, 2.24) is 4.90 Å². The van der Waals surface area contributed by atoms with Crippen molar-refractivity contribution in [2.45, 2.75) is 25.3 Å². The number of amides is 1. The molecule has 12 heavy (non-hydrogen) atoms. The van der Waals surface area contributed by atoms with E-state index in [4.69, 9.17) is 10.8 Å². The van der Waals surface area contributed by atoms with E-state index in [0.29, 0.717) is 12.6 Å². The lowest BCUT2D eigenvalue weighted by Gasteiger charge is -2.37. The molecule has 0 aliphatic heterocycles. The van der Waals surface area contributed by atoms with Crippen LogP contribution >= 0.6 is 0 Å². The first-order valence-corrected chi connectivity index (χ1v) is 4.40. The van der Waals surface area contributed by atoms with Gasteiger partial charge < -0.3 is 15.7 Å². The Bertz CT molecular complexity index is 157. The third-order valence-corrected chi connectivity index (χ3v) is 2.35. The van der Waals surface area contributed by atoms with Crippen LogP contribution in [0.1, 0.15) is 19.3 Å². The fourth-order valence-corrected chi connectivity index (χ4v) is 1.43. The third-order valence-electron chi connectivity index (χ3n) is 2.35. The minimum Gasteiger partial charge on any atom is -0.395 e. The second-order valence-corrected chi connectivity index (χ2v) is 3.10. The van der Waals surface area contributed by atoms with Gasteiger partial charge in [0.2, 0.25) is 5.91 Å². The minimum absolute atomic E-state index is 0.0300. The summed E-state index contributed by atoms with van der Waals surface area (Å²) in [6.07, 6.45) is 3.31. The molecule has 1 aliphatic carbocycles. The SMILES string of the molecule is NCC(=O)N(CCO)C1CCC1. The molecule has 70 valence electrons. The summed E-state index contributed by atoms with van der Waals surface area (Å²) >= 11 is 0. The Morgan fingerprint density at radius 2 is 2.25 bits per heavy atom. The van der Waals surface area contributed by atoms with Crippen LogP contribution in [-0.4, -0.2) is 41.7 Å². The Balaban J connectivity index is 2.41. The Morgan fingerprint density at radius 3 is 2.58 bits per heavy atom. The quantitative estimate of drug-likeness (QED) is 0.590. The van der Waals surface area contributed by atoms with Gasteiger partial charge in [0.1, 0.15) is 0 Å². The Kier molecular flexibility index (Phi) is 3.49. The number of nitrogens with zero attached hydrogens (tertiary/aromatic N) is 1. The molecule has 1 rings (SSSR count). The number of carbonyl (C=O) groups excluding carboxylic acids is 1. The molecule has 0 atom stereocenters. The molecule has 0 aromatic heterocycles. The number of nitrogens with two attached hydrogens (primary N) is 1. The maximum Gasteiger partial charge on any atom is 0.236 e. The maximum absolute atomic E-state index is 11.2. The van der Waals surface area contributed by atoms with E-state index < -0.39 is 0 Å². The van der Waals surface area contributed by atoms with Crippen molar-refractivity contribution in [3.8, 4) is 0 Å². The molecule has 0 aromatic carbocycles. The molecule has 0 bridgehead atoms. The van der Waals surface area contributed by atoms with Gasteiger partial charge in [-0.1, -0.05) is 0 Å². The first kappa shape index (κ1) is 9.48. The predicted octanol–water partition coefficient (Wildman–Crippen LogP) is -0.681. The Labute approximate surface area is 72.3 Å². The predicted molar refractivity (Wildman–Crippen MR) is 45.5 cm³/mol. The van der Waals surface area contributed by atoms with Gasteiger partial charge in [-0.3, -0.25) is 4.79 Å². The van der Waals surface area contributed by atoms with Gasteiger partial charge in [-0.2, -0.15) is 0 Å². The molecule has 1 amide bonds. The van der Waals surface area contributed by atoms with Crippen LogP contribution in [0, 0.1) is 0 Å². The molecule has 0 saturated heterocycles. The standard InChI is InChI=1S/C8H16N2O2/c9-6-8(12)10(4-5-11)7-2-1-3-7/h7,11H,1-6,9H2. The topological polar surface area (TPSA) is 66.6 Å². The van der Waals surface area contributed by atoms with Crippen molar-refractivity contribution in [3.63, 3.8) is 0 Å². The van der Waals surface area contributed by atoms with Crippen molar-refractivity contribution in [1.29, 1.82) is 0 Å². The normalized spacial score (nSPS) is 17.2. The molecule has 0 aromatic rings. The second kappa shape index (κ2) is 4.42. The third kappa shape index (κ3) is 1.95. The van der Waals surface area contributed by atoms with Crippen molar-refractivity contribution in [3.05, 3.63) is 0 Å². The smallest absolute Gasteiger partial charge is 0.236 e. The van der Waals surface area contributed by atoms with Gasteiger partial charge in [-0.15, -0.1) is 0 Å². The molecular formula is C8H16N2O2. The van der Waals surface area contributed by atoms with Crippen molar-refractivity contribution in [2.24, 2.45) is 5.73 Å². The lowest BCUT2D eigenvalue weighted by atomic mass is 9.91. The fourth-order valence-electron chi connectivity index (χ4n) is 1.43. The molecular weight excluding hydrogens is 156 g/mol. The molecule has 0 radical (unpaired) electrons. The number of hydrogen-bond acceptors (Lipinski definition) is 3. The molecule has 3 N–H and O–H groups in total. The van der Waals surface area contributed by atoms with Gasteiger partial charge in [0.05, 0.1) is 13.2 Å². The van der Waals surface area contributed by atoms with Crippen LogP contribution in [0.3, 0.4) is 0 Å². The molecule has 4 nitrogen and oxygen atoms in total. The first-order chi connectivity index (χ1) is 5.79. The second-order valence-electron chi connectivity index (χ2n) is 3.10. The van der Waals surface area contributed by atoms with E-state index >= 15 is 0 Å². The van der Waals surface area contributed by atoms with Gasteiger partial charge in [-0.05, 0) is 19.3 Å².